The van der Waals surface area contributed by atoms with E-state index in [0.29, 0.717) is 6.04 Å². The van der Waals surface area contributed by atoms with Crippen LogP contribution in [0, 0.1) is 11.8 Å². The highest BCUT2D eigenvalue weighted by molar-refractivity contribution is 5.47. The van der Waals surface area contributed by atoms with Crippen LogP contribution in [0.5, 0.6) is 0 Å². The lowest BCUT2D eigenvalue weighted by atomic mass is 9.84. The van der Waals surface area contributed by atoms with Gasteiger partial charge < -0.3 is 9.80 Å². The number of carbonyl (C=O) groups is 1. The Hall–Kier alpha value is -0.570. The van der Waals surface area contributed by atoms with E-state index in [0.717, 1.165) is 18.2 Å². The molecular formula is C15H28N2O. The molecule has 1 aliphatic heterocycles. The van der Waals surface area contributed by atoms with Crippen molar-refractivity contribution in [2.45, 2.75) is 51.5 Å². The standard InChI is InChI=1S/C15H28N2O/c1-13-7-9-17(10-8-13)11-14-3-5-15(6-4-14)16(2)12-18/h12-15H,3-11H2,1-2H3. The summed E-state index contributed by atoms with van der Waals surface area (Å²) in [5.74, 6) is 1.80. The molecule has 3 heteroatoms. The number of nitrogens with zero attached hydrogens (tertiary/aromatic N) is 2. The number of piperidine rings is 1. The van der Waals surface area contributed by atoms with Crippen LogP contribution in [-0.2, 0) is 4.79 Å². The maximum absolute atomic E-state index is 10.8. The van der Waals surface area contributed by atoms with Gasteiger partial charge in [-0.3, -0.25) is 4.79 Å². The van der Waals surface area contributed by atoms with Gasteiger partial charge in [0.25, 0.3) is 0 Å². The third-order valence-electron chi connectivity index (χ3n) is 4.95. The van der Waals surface area contributed by atoms with Gasteiger partial charge in [0.2, 0.25) is 6.41 Å². The topological polar surface area (TPSA) is 23.6 Å². The first-order chi connectivity index (χ1) is 8.69. The van der Waals surface area contributed by atoms with Gasteiger partial charge in [0.05, 0.1) is 0 Å². The first-order valence-corrected chi connectivity index (χ1v) is 7.58. The zero-order valence-electron chi connectivity index (χ0n) is 12.0. The zero-order valence-corrected chi connectivity index (χ0v) is 12.0. The van der Waals surface area contributed by atoms with Gasteiger partial charge in [-0.15, -0.1) is 0 Å². The lowest BCUT2D eigenvalue weighted by Crippen LogP contribution is -2.40. The second kappa shape index (κ2) is 6.55. The number of hydrogen-bond acceptors (Lipinski definition) is 2. The van der Waals surface area contributed by atoms with E-state index in [1.807, 2.05) is 11.9 Å². The highest BCUT2D eigenvalue weighted by Gasteiger charge is 2.25. The molecule has 2 aliphatic rings. The fourth-order valence-electron chi connectivity index (χ4n) is 3.43. The van der Waals surface area contributed by atoms with E-state index >= 15 is 0 Å². The second-order valence-corrected chi connectivity index (χ2v) is 6.43. The van der Waals surface area contributed by atoms with Crippen LogP contribution in [0.25, 0.3) is 0 Å². The Bertz CT molecular complexity index is 253. The van der Waals surface area contributed by atoms with Gasteiger partial charge in [-0.05, 0) is 63.5 Å². The smallest absolute Gasteiger partial charge is 0.209 e. The van der Waals surface area contributed by atoms with E-state index in [1.54, 1.807) is 0 Å². The predicted molar refractivity (Wildman–Crippen MR) is 74.4 cm³/mol. The molecule has 104 valence electrons. The van der Waals surface area contributed by atoms with Crippen molar-refractivity contribution in [3.8, 4) is 0 Å². The lowest BCUT2D eigenvalue weighted by molar-refractivity contribution is -0.119. The zero-order chi connectivity index (χ0) is 13.0. The van der Waals surface area contributed by atoms with E-state index in [9.17, 15) is 4.79 Å². The van der Waals surface area contributed by atoms with E-state index in [2.05, 4.69) is 11.8 Å². The van der Waals surface area contributed by atoms with Crippen molar-refractivity contribution in [1.29, 1.82) is 0 Å². The van der Waals surface area contributed by atoms with Crippen molar-refractivity contribution < 1.29 is 4.79 Å². The minimum atomic E-state index is 0.500. The van der Waals surface area contributed by atoms with Gasteiger partial charge in [0, 0.05) is 19.6 Å². The highest BCUT2D eigenvalue weighted by atomic mass is 16.1. The second-order valence-electron chi connectivity index (χ2n) is 6.43. The highest BCUT2D eigenvalue weighted by Crippen LogP contribution is 2.28. The van der Waals surface area contributed by atoms with E-state index in [-0.39, 0.29) is 0 Å². The van der Waals surface area contributed by atoms with Gasteiger partial charge in [0.15, 0.2) is 0 Å². The van der Waals surface area contributed by atoms with E-state index < -0.39 is 0 Å². The van der Waals surface area contributed by atoms with Crippen LogP contribution >= 0.6 is 0 Å². The summed E-state index contributed by atoms with van der Waals surface area (Å²) in [7, 11) is 1.92. The molecule has 0 unspecified atom stereocenters. The molecule has 0 aromatic heterocycles. The number of carbonyl (C=O) groups excluding carboxylic acids is 1. The molecule has 1 amide bonds. The normalized spacial score (nSPS) is 31.2. The molecule has 1 heterocycles. The van der Waals surface area contributed by atoms with Crippen LogP contribution in [0.15, 0.2) is 0 Å². The van der Waals surface area contributed by atoms with Crippen LogP contribution in [0.4, 0.5) is 0 Å². The summed E-state index contributed by atoms with van der Waals surface area (Å²) >= 11 is 0. The Labute approximate surface area is 112 Å². The number of likely N-dealkylation sites (tertiary alicyclic amines) is 1. The summed E-state index contributed by atoms with van der Waals surface area (Å²) in [6, 6.07) is 0.500. The average molecular weight is 252 g/mol. The molecule has 3 nitrogen and oxygen atoms in total. The Morgan fingerprint density at radius 1 is 1.11 bits per heavy atom. The van der Waals surface area contributed by atoms with Crippen molar-refractivity contribution in [2.24, 2.45) is 11.8 Å². The summed E-state index contributed by atoms with van der Waals surface area (Å²) in [6.45, 7) is 6.27. The fraction of sp³-hybridized carbons (Fsp3) is 0.933. The Kier molecular flexibility index (Phi) is 5.04. The Morgan fingerprint density at radius 3 is 2.28 bits per heavy atom. The minimum absolute atomic E-state index is 0.500. The van der Waals surface area contributed by atoms with Crippen LogP contribution in [-0.4, -0.2) is 48.9 Å². The van der Waals surface area contributed by atoms with Crippen molar-refractivity contribution in [3.05, 3.63) is 0 Å². The van der Waals surface area contributed by atoms with Crippen LogP contribution in [0.3, 0.4) is 0 Å². The maximum atomic E-state index is 10.8. The van der Waals surface area contributed by atoms with Crippen molar-refractivity contribution in [1.82, 2.24) is 9.80 Å². The lowest BCUT2D eigenvalue weighted by Gasteiger charge is -2.37. The van der Waals surface area contributed by atoms with Gasteiger partial charge in [-0.1, -0.05) is 6.92 Å². The summed E-state index contributed by atoms with van der Waals surface area (Å²) in [5.41, 5.74) is 0. The Balaban J connectivity index is 1.68. The molecule has 0 aromatic carbocycles. The van der Waals surface area contributed by atoms with Gasteiger partial charge >= 0.3 is 0 Å². The first kappa shape index (κ1) is 13.9. The first-order valence-electron chi connectivity index (χ1n) is 7.58. The van der Waals surface area contributed by atoms with Gasteiger partial charge in [0.1, 0.15) is 0 Å². The molecule has 0 bridgehead atoms. The quantitative estimate of drug-likeness (QED) is 0.717. The minimum Gasteiger partial charge on any atom is -0.345 e. The molecule has 0 atom stereocenters. The fourth-order valence-corrected chi connectivity index (χ4v) is 3.43. The molecule has 0 N–H and O–H groups in total. The van der Waals surface area contributed by atoms with E-state index in [4.69, 9.17) is 0 Å². The maximum Gasteiger partial charge on any atom is 0.209 e. The summed E-state index contributed by atoms with van der Waals surface area (Å²) < 4.78 is 0. The summed E-state index contributed by atoms with van der Waals surface area (Å²) in [4.78, 5) is 15.3. The molecule has 1 saturated carbocycles. The average Bonchev–Trinajstić information content (AvgIpc) is 2.41. The van der Waals surface area contributed by atoms with Crippen LogP contribution in [0.1, 0.15) is 45.4 Å². The molecule has 2 rings (SSSR count). The third-order valence-corrected chi connectivity index (χ3v) is 4.95. The number of hydrogen-bond donors (Lipinski definition) is 0. The molecule has 2 fully saturated rings. The SMILES string of the molecule is CC1CCN(CC2CCC(N(C)C=O)CC2)CC1. The molecule has 1 aliphatic carbocycles. The number of amides is 1. The number of rotatable bonds is 4. The third kappa shape index (κ3) is 3.71. The molecule has 0 radical (unpaired) electrons. The van der Waals surface area contributed by atoms with Crippen LogP contribution in [0.2, 0.25) is 0 Å². The summed E-state index contributed by atoms with van der Waals surface area (Å²) in [5, 5.41) is 0. The van der Waals surface area contributed by atoms with Crippen molar-refractivity contribution in [3.63, 3.8) is 0 Å². The van der Waals surface area contributed by atoms with Crippen molar-refractivity contribution in [2.75, 3.05) is 26.7 Å². The summed E-state index contributed by atoms with van der Waals surface area (Å²) in [6.07, 6.45) is 8.74. The predicted octanol–water partition coefficient (Wildman–Crippen LogP) is 2.37. The molecule has 0 aromatic rings. The Morgan fingerprint density at radius 2 is 1.72 bits per heavy atom. The van der Waals surface area contributed by atoms with Crippen molar-refractivity contribution >= 4 is 6.41 Å². The molecule has 0 spiro atoms. The monoisotopic (exact) mass is 252 g/mol. The molecule has 1 saturated heterocycles. The van der Waals surface area contributed by atoms with Gasteiger partial charge in [-0.25, -0.2) is 0 Å². The molecule has 18 heavy (non-hydrogen) atoms. The van der Waals surface area contributed by atoms with Crippen LogP contribution < -0.4 is 0 Å². The van der Waals surface area contributed by atoms with E-state index in [1.165, 1.54) is 58.2 Å². The molecular weight excluding hydrogens is 224 g/mol. The van der Waals surface area contributed by atoms with Gasteiger partial charge in [-0.2, -0.15) is 0 Å². The largest absolute Gasteiger partial charge is 0.345 e.